The highest BCUT2D eigenvalue weighted by Crippen LogP contribution is 2.27. The minimum atomic E-state index is 0.0297. The molecule has 2 heterocycles. The Morgan fingerprint density at radius 1 is 1.35 bits per heavy atom. The Morgan fingerprint density at radius 3 is 2.74 bits per heavy atom. The summed E-state index contributed by atoms with van der Waals surface area (Å²) in [7, 11) is 0. The molecule has 0 aromatic carbocycles. The van der Waals surface area contributed by atoms with Crippen LogP contribution in [0.1, 0.15) is 53.9 Å². The monoisotopic (exact) mass is 332 g/mol. The summed E-state index contributed by atoms with van der Waals surface area (Å²) in [6.45, 7) is 1.54. The lowest BCUT2D eigenvalue weighted by Crippen LogP contribution is -2.38. The quantitative estimate of drug-likeness (QED) is 0.853. The normalized spacial score (nSPS) is 21.1. The number of Topliss-reactive ketones (excluding diaryl/α,β-unsaturated/α-hetero) is 1. The minimum Gasteiger partial charge on any atom is -0.353 e. The molecular weight excluding hydrogens is 312 g/mol. The molecule has 122 valence electrons. The molecule has 1 fully saturated rings. The lowest BCUT2D eigenvalue weighted by Gasteiger charge is -2.29. The number of carbonyl (C=O) groups excluding carboxylic acids is 2. The second kappa shape index (κ2) is 7.04. The Balaban J connectivity index is 1.46. The Morgan fingerprint density at radius 2 is 2.13 bits per heavy atom. The van der Waals surface area contributed by atoms with Gasteiger partial charge in [-0.3, -0.25) is 9.59 Å². The molecule has 0 spiro atoms. The third-order valence-electron chi connectivity index (χ3n) is 4.24. The largest absolute Gasteiger partial charge is 0.353 e. The third kappa shape index (κ3) is 4.04. The molecule has 1 N–H and O–H groups in total. The zero-order chi connectivity index (χ0) is 16.2. The van der Waals surface area contributed by atoms with Crippen LogP contribution >= 0.6 is 11.3 Å². The van der Waals surface area contributed by atoms with Gasteiger partial charge in [-0.15, -0.1) is 11.3 Å². The van der Waals surface area contributed by atoms with Crippen LogP contribution in [0.4, 0.5) is 0 Å². The number of hydrogen-bond acceptors (Lipinski definition) is 5. The molecule has 0 bridgehead atoms. The molecule has 0 atom stereocenters. The summed E-state index contributed by atoms with van der Waals surface area (Å²) in [6, 6.07) is 2.43. The lowest BCUT2D eigenvalue weighted by molar-refractivity contribution is -0.121. The van der Waals surface area contributed by atoms with Crippen molar-refractivity contribution in [3.05, 3.63) is 34.5 Å². The first-order valence-electron chi connectivity index (χ1n) is 7.83. The molecule has 1 saturated carbocycles. The summed E-state index contributed by atoms with van der Waals surface area (Å²) in [4.78, 5) is 28.1. The van der Waals surface area contributed by atoms with E-state index < -0.39 is 0 Å². The topological polar surface area (TPSA) is 76.9 Å². The van der Waals surface area contributed by atoms with Crippen molar-refractivity contribution in [1.82, 2.24) is 20.1 Å². The van der Waals surface area contributed by atoms with E-state index in [1.54, 1.807) is 19.6 Å². The molecular formula is C16H20N4O2S. The van der Waals surface area contributed by atoms with Gasteiger partial charge in [-0.1, -0.05) is 0 Å². The van der Waals surface area contributed by atoms with Gasteiger partial charge in [0.2, 0.25) is 5.91 Å². The van der Waals surface area contributed by atoms with E-state index in [-0.39, 0.29) is 17.7 Å². The van der Waals surface area contributed by atoms with Gasteiger partial charge in [0, 0.05) is 6.04 Å². The number of hydrogen-bond donors (Lipinski definition) is 1. The molecule has 7 heteroatoms. The first-order valence-corrected chi connectivity index (χ1v) is 8.71. The van der Waals surface area contributed by atoms with E-state index in [2.05, 4.69) is 15.4 Å². The van der Waals surface area contributed by atoms with E-state index in [1.807, 2.05) is 16.1 Å². The van der Waals surface area contributed by atoms with Crippen molar-refractivity contribution >= 4 is 23.0 Å². The fourth-order valence-electron chi connectivity index (χ4n) is 3.01. The van der Waals surface area contributed by atoms with Crippen LogP contribution in [0.3, 0.4) is 0 Å². The van der Waals surface area contributed by atoms with Crippen molar-refractivity contribution in [3.63, 3.8) is 0 Å². The molecule has 0 radical (unpaired) electrons. The number of rotatable bonds is 5. The molecule has 2 aromatic rings. The van der Waals surface area contributed by atoms with Gasteiger partial charge in [0.05, 0.1) is 17.3 Å². The number of nitrogens with one attached hydrogen (secondary N) is 1. The molecule has 0 aliphatic heterocycles. The highest BCUT2D eigenvalue weighted by atomic mass is 32.1. The number of nitrogens with zero attached hydrogens (tertiary/aromatic N) is 3. The fraction of sp³-hybridized carbons (Fsp3) is 0.500. The second-order valence-corrected chi connectivity index (χ2v) is 6.91. The van der Waals surface area contributed by atoms with Gasteiger partial charge in [-0.25, -0.2) is 9.67 Å². The molecule has 1 aliphatic rings. The standard InChI is InChI=1S/C16H20N4O2S/c1-11(21)15-6-12(8-23-15)7-16(22)19-13-2-4-14(5-3-13)20-10-17-9-18-20/h6,8-10,13-14H,2-5,7H2,1H3,(H,19,22). The van der Waals surface area contributed by atoms with Crippen LogP contribution in [0.5, 0.6) is 0 Å². The average Bonchev–Trinajstić information content (AvgIpc) is 3.19. The van der Waals surface area contributed by atoms with E-state index in [1.165, 1.54) is 11.3 Å². The zero-order valence-electron chi connectivity index (χ0n) is 13.1. The predicted molar refractivity (Wildman–Crippen MR) is 87.5 cm³/mol. The van der Waals surface area contributed by atoms with Crippen LogP contribution in [0.2, 0.25) is 0 Å². The highest BCUT2D eigenvalue weighted by Gasteiger charge is 2.24. The molecule has 23 heavy (non-hydrogen) atoms. The van der Waals surface area contributed by atoms with Crippen molar-refractivity contribution in [1.29, 1.82) is 0 Å². The van der Waals surface area contributed by atoms with Crippen molar-refractivity contribution in [2.75, 3.05) is 0 Å². The van der Waals surface area contributed by atoms with Crippen LogP contribution in [0.25, 0.3) is 0 Å². The minimum absolute atomic E-state index is 0.0297. The number of aromatic nitrogens is 3. The number of ketones is 1. The summed E-state index contributed by atoms with van der Waals surface area (Å²) >= 11 is 1.40. The molecule has 1 aliphatic carbocycles. The van der Waals surface area contributed by atoms with Crippen LogP contribution in [-0.4, -0.2) is 32.5 Å². The van der Waals surface area contributed by atoms with Crippen LogP contribution in [0, 0.1) is 0 Å². The molecule has 3 rings (SSSR count). The van der Waals surface area contributed by atoms with Gasteiger partial charge in [0.15, 0.2) is 5.78 Å². The summed E-state index contributed by atoms with van der Waals surface area (Å²) < 4.78 is 1.91. The summed E-state index contributed by atoms with van der Waals surface area (Å²) in [6.07, 6.45) is 7.57. The summed E-state index contributed by atoms with van der Waals surface area (Å²) in [5.41, 5.74) is 0.911. The van der Waals surface area contributed by atoms with E-state index in [4.69, 9.17) is 0 Å². The van der Waals surface area contributed by atoms with Gasteiger partial charge in [-0.05, 0) is 49.6 Å². The van der Waals surface area contributed by atoms with E-state index in [0.717, 1.165) is 31.2 Å². The van der Waals surface area contributed by atoms with Crippen molar-refractivity contribution in [3.8, 4) is 0 Å². The summed E-state index contributed by atoms with van der Waals surface area (Å²) in [5, 5.41) is 9.18. The molecule has 1 amide bonds. The van der Waals surface area contributed by atoms with Crippen LogP contribution in [-0.2, 0) is 11.2 Å². The van der Waals surface area contributed by atoms with Crippen LogP contribution in [0.15, 0.2) is 24.1 Å². The highest BCUT2D eigenvalue weighted by molar-refractivity contribution is 7.12. The van der Waals surface area contributed by atoms with Gasteiger partial charge >= 0.3 is 0 Å². The third-order valence-corrected chi connectivity index (χ3v) is 5.32. The van der Waals surface area contributed by atoms with Crippen molar-refractivity contribution < 1.29 is 9.59 Å². The van der Waals surface area contributed by atoms with Gasteiger partial charge < -0.3 is 5.32 Å². The maximum absolute atomic E-state index is 12.2. The number of amides is 1. The second-order valence-electron chi connectivity index (χ2n) is 6.00. The molecule has 2 aromatic heterocycles. The van der Waals surface area contributed by atoms with Crippen molar-refractivity contribution in [2.24, 2.45) is 0 Å². The van der Waals surface area contributed by atoms with Crippen LogP contribution < -0.4 is 5.32 Å². The maximum atomic E-state index is 12.2. The van der Waals surface area contributed by atoms with Crippen molar-refractivity contribution in [2.45, 2.75) is 51.1 Å². The molecule has 6 nitrogen and oxygen atoms in total. The Hall–Kier alpha value is -2.02. The Labute approximate surface area is 138 Å². The molecule has 0 saturated heterocycles. The van der Waals surface area contributed by atoms with E-state index >= 15 is 0 Å². The van der Waals surface area contributed by atoms with E-state index in [9.17, 15) is 9.59 Å². The fourth-order valence-corrected chi connectivity index (χ4v) is 3.82. The number of thiophene rings is 1. The Bertz CT molecular complexity index is 672. The SMILES string of the molecule is CC(=O)c1cc(CC(=O)NC2CCC(n3cncn3)CC2)cs1. The maximum Gasteiger partial charge on any atom is 0.224 e. The first-order chi connectivity index (χ1) is 11.1. The lowest BCUT2D eigenvalue weighted by atomic mass is 9.91. The van der Waals surface area contributed by atoms with Gasteiger partial charge in [0.25, 0.3) is 0 Å². The molecule has 0 unspecified atom stereocenters. The zero-order valence-corrected chi connectivity index (χ0v) is 13.9. The average molecular weight is 332 g/mol. The first kappa shape index (κ1) is 15.9. The predicted octanol–water partition coefficient (Wildman–Crippen LogP) is 2.38. The summed E-state index contributed by atoms with van der Waals surface area (Å²) in [5.74, 6) is 0.0789. The van der Waals surface area contributed by atoms with E-state index in [0.29, 0.717) is 17.3 Å². The smallest absolute Gasteiger partial charge is 0.224 e. The van der Waals surface area contributed by atoms with Gasteiger partial charge in [0.1, 0.15) is 12.7 Å². The number of carbonyl (C=O) groups is 2. The Kier molecular flexibility index (Phi) is 4.85. The van der Waals surface area contributed by atoms with Gasteiger partial charge in [-0.2, -0.15) is 5.10 Å².